The summed E-state index contributed by atoms with van der Waals surface area (Å²) in [5, 5.41) is 5.57. The standard InChI is InChI=1S/C14H18N2O3/c1-19-11-6-4-5-10(9-11)13(17)16-12-7-2-3-8-15-14(12)18/h4-6,9,12H,2-3,7-8H2,1H3,(H,15,18)(H,16,17)/t12-/m1/s1. The molecule has 1 aromatic carbocycles. The highest BCUT2D eigenvalue weighted by atomic mass is 16.5. The van der Waals surface area contributed by atoms with Gasteiger partial charge in [0.1, 0.15) is 11.8 Å². The fourth-order valence-electron chi connectivity index (χ4n) is 2.08. The quantitative estimate of drug-likeness (QED) is 0.857. The van der Waals surface area contributed by atoms with Crippen molar-refractivity contribution in [2.75, 3.05) is 13.7 Å². The van der Waals surface area contributed by atoms with Gasteiger partial charge in [-0.25, -0.2) is 0 Å². The summed E-state index contributed by atoms with van der Waals surface area (Å²) in [5.74, 6) is 0.271. The maximum absolute atomic E-state index is 12.1. The van der Waals surface area contributed by atoms with Crippen LogP contribution in [0.5, 0.6) is 5.75 Å². The summed E-state index contributed by atoms with van der Waals surface area (Å²) < 4.78 is 5.08. The van der Waals surface area contributed by atoms with Crippen LogP contribution in [0, 0.1) is 0 Å². The SMILES string of the molecule is COc1cccc(C(=O)N[C@@H]2CCCCNC2=O)c1. The maximum Gasteiger partial charge on any atom is 0.252 e. The van der Waals surface area contributed by atoms with Crippen molar-refractivity contribution in [3.63, 3.8) is 0 Å². The second-order valence-corrected chi connectivity index (χ2v) is 4.54. The van der Waals surface area contributed by atoms with Crippen molar-refractivity contribution in [2.45, 2.75) is 25.3 Å². The van der Waals surface area contributed by atoms with Crippen molar-refractivity contribution in [3.05, 3.63) is 29.8 Å². The summed E-state index contributed by atoms with van der Waals surface area (Å²) in [6.45, 7) is 0.685. The summed E-state index contributed by atoms with van der Waals surface area (Å²) in [5.41, 5.74) is 0.497. The zero-order valence-corrected chi connectivity index (χ0v) is 10.9. The van der Waals surface area contributed by atoms with Crippen molar-refractivity contribution in [2.24, 2.45) is 0 Å². The van der Waals surface area contributed by atoms with Gasteiger partial charge >= 0.3 is 0 Å². The smallest absolute Gasteiger partial charge is 0.252 e. The molecular formula is C14H18N2O3. The van der Waals surface area contributed by atoms with Crippen molar-refractivity contribution in [1.29, 1.82) is 0 Å². The van der Waals surface area contributed by atoms with Gasteiger partial charge in [0.25, 0.3) is 5.91 Å². The van der Waals surface area contributed by atoms with Crippen LogP contribution >= 0.6 is 0 Å². The highest BCUT2D eigenvalue weighted by molar-refractivity contribution is 5.97. The first-order valence-corrected chi connectivity index (χ1v) is 6.43. The molecule has 0 unspecified atom stereocenters. The monoisotopic (exact) mass is 262 g/mol. The van der Waals surface area contributed by atoms with Crippen molar-refractivity contribution in [1.82, 2.24) is 10.6 Å². The van der Waals surface area contributed by atoms with E-state index < -0.39 is 6.04 Å². The molecule has 0 aliphatic carbocycles. The Labute approximate surface area is 112 Å². The van der Waals surface area contributed by atoms with E-state index in [1.54, 1.807) is 31.4 Å². The van der Waals surface area contributed by atoms with Gasteiger partial charge in [0, 0.05) is 12.1 Å². The van der Waals surface area contributed by atoms with Gasteiger partial charge in [-0.05, 0) is 37.5 Å². The van der Waals surface area contributed by atoms with Gasteiger partial charge in [0.05, 0.1) is 7.11 Å². The normalized spacial score (nSPS) is 19.2. The Hall–Kier alpha value is -2.04. The van der Waals surface area contributed by atoms with Crippen molar-refractivity contribution in [3.8, 4) is 5.75 Å². The fourth-order valence-corrected chi connectivity index (χ4v) is 2.08. The molecule has 1 atom stereocenters. The van der Waals surface area contributed by atoms with E-state index in [1.165, 1.54) is 0 Å². The molecule has 1 aliphatic rings. The second kappa shape index (κ2) is 6.22. The van der Waals surface area contributed by atoms with Gasteiger partial charge in [-0.1, -0.05) is 6.07 Å². The lowest BCUT2D eigenvalue weighted by Gasteiger charge is -2.15. The molecule has 5 nitrogen and oxygen atoms in total. The average Bonchev–Trinajstić information content (AvgIpc) is 2.64. The zero-order valence-electron chi connectivity index (χ0n) is 10.9. The average molecular weight is 262 g/mol. The Morgan fingerprint density at radius 3 is 3.05 bits per heavy atom. The van der Waals surface area contributed by atoms with Gasteiger partial charge in [-0.3, -0.25) is 9.59 Å². The van der Waals surface area contributed by atoms with Crippen LogP contribution in [0.2, 0.25) is 0 Å². The Morgan fingerprint density at radius 1 is 1.42 bits per heavy atom. The minimum absolute atomic E-state index is 0.103. The molecule has 1 aromatic rings. The Bertz CT molecular complexity index is 474. The first kappa shape index (κ1) is 13.4. The van der Waals surface area contributed by atoms with Gasteiger partial charge in [-0.15, -0.1) is 0 Å². The number of hydrogen-bond donors (Lipinski definition) is 2. The topological polar surface area (TPSA) is 67.4 Å². The van der Waals surface area contributed by atoms with E-state index in [4.69, 9.17) is 4.74 Å². The van der Waals surface area contributed by atoms with Crippen LogP contribution in [0.3, 0.4) is 0 Å². The molecule has 1 aliphatic heterocycles. The van der Waals surface area contributed by atoms with E-state index in [2.05, 4.69) is 10.6 Å². The van der Waals surface area contributed by atoms with Gasteiger partial charge in [0.2, 0.25) is 5.91 Å². The molecule has 0 aromatic heterocycles. The van der Waals surface area contributed by atoms with E-state index in [0.717, 1.165) is 12.8 Å². The van der Waals surface area contributed by atoms with E-state index >= 15 is 0 Å². The molecule has 0 spiro atoms. The number of nitrogens with one attached hydrogen (secondary N) is 2. The molecule has 19 heavy (non-hydrogen) atoms. The van der Waals surface area contributed by atoms with E-state index in [9.17, 15) is 9.59 Å². The molecular weight excluding hydrogens is 244 g/mol. The minimum Gasteiger partial charge on any atom is -0.497 e. The molecule has 0 radical (unpaired) electrons. The first-order valence-electron chi connectivity index (χ1n) is 6.43. The molecule has 1 fully saturated rings. The number of carbonyl (C=O) groups is 2. The largest absolute Gasteiger partial charge is 0.497 e. The third-order valence-electron chi connectivity index (χ3n) is 3.17. The summed E-state index contributed by atoms with van der Waals surface area (Å²) in [4.78, 5) is 23.8. The van der Waals surface area contributed by atoms with Crippen LogP contribution in [-0.4, -0.2) is 31.5 Å². The molecule has 1 saturated heterocycles. The lowest BCUT2D eigenvalue weighted by molar-refractivity contribution is -0.122. The van der Waals surface area contributed by atoms with Crippen LogP contribution < -0.4 is 15.4 Å². The molecule has 102 valence electrons. The van der Waals surface area contributed by atoms with Gasteiger partial charge in [-0.2, -0.15) is 0 Å². The molecule has 2 rings (SSSR count). The van der Waals surface area contributed by atoms with Gasteiger partial charge < -0.3 is 15.4 Å². The Kier molecular flexibility index (Phi) is 4.39. The number of hydrogen-bond acceptors (Lipinski definition) is 3. The number of benzene rings is 1. The van der Waals surface area contributed by atoms with E-state index in [1.807, 2.05) is 0 Å². The predicted molar refractivity (Wildman–Crippen MR) is 71.1 cm³/mol. The lowest BCUT2D eigenvalue weighted by atomic mass is 10.1. The lowest BCUT2D eigenvalue weighted by Crippen LogP contribution is -2.45. The number of carbonyl (C=O) groups excluding carboxylic acids is 2. The van der Waals surface area contributed by atoms with Crippen molar-refractivity contribution < 1.29 is 14.3 Å². The Morgan fingerprint density at radius 2 is 2.26 bits per heavy atom. The number of rotatable bonds is 3. The maximum atomic E-state index is 12.1. The molecule has 0 saturated carbocycles. The highest BCUT2D eigenvalue weighted by Gasteiger charge is 2.22. The molecule has 5 heteroatoms. The van der Waals surface area contributed by atoms with E-state index in [-0.39, 0.29) is 11.8 Å². The highest BCUT2D eigenvalue weighted by Crippen LogP contribution is 2.13. The van der Waals surface area contributed by atoms with Crippen LogP contribution in [0.15, 0.2) is 24.3 Å². The number of amides is 2. The van der Waals surface area contributed by atoms with Crippen molar-refractivity contribution >= 4 is 11.8 Å². The van der Waals surface area contributed by atoms with E-state index in [0.29, 0.717) is 24.3 Å². The number of methoxy groups -OCH3 is 1. The summed E-state index contributed by atoms with van der Waals surface area (Å²) in [6, 6.07) is 6.44. The third-order valence-corrected chi connectivity index (χ3v) is 3.17. The summed E-state index contributed by atoms with van der Waals surface area (Å²) in [7, 11) is 1.55. The van der Waals surface area contributed by atoms with Crippen LogP contribution in [0.4, 0.5) is 0 Å². The number of ether oxygens (including phenoxy) is 1. The van der Waals surface area contributed by atoms with Crippen LogP contribution in [0.25, 0.3) is 0 Å². The first-order chi connectivity index (χ1) is 9.20. The van der Waals surface area contributed by atoms with Crippen LogP contribution in [0.1, 0.15) is 29.6 Å². The molecule has 0 bridgehead atoms. The molecule has 2 N–H and O–H groups in total. The second-order valence-electron chi connectivity index (χ2n) is 4.54. The fraction of sp³-hybridized carbons (Fsp3) is 0.429. The molecule has 1 heterocycles. The molecule has 2 amide bonds. The summed E-state index contributed by atoms with van der Waals surface area (Å²) in [6.07, 6.45) is 2.57. The zero-order chi connectivity index (χ0) is 13.7. The summed E-state index contributed by atoms with van der Waals surface area (Å²) >= 11 is 0. The van der Waals surface area contributed by atoms with Gasteiger partial charge in [0.15, 0.2) is 0 Å². The Balaban J connectivity index is 2.04. The third kappa shape index (κ3) is 3.47. The minimum atomic E-state index is -0.443. The predicted octanol–water partition coefficient (Wildman–Crippen LogP) is 1.09. The van der Waals surface area contributed by atoms with Crippen LogP contribution in [-0.2, 0) is 4.79 Å².